The molecule has 1 heterocycles. The van der Waals surface area contributed by atoms with Crippen LogP contribution in [-0.2, 0) is 9.53 Å². The van der Waals surface area contributed by atoms with Crippen LogP contribution in [0.3, 0.4) is 0 Å². The van der Waals surface area contributed by atoms with E-state index < -0.39 is 0 Å². The first-order valence-corrected chi connectivity index (χ1v) is 5.93. The fraction of sp³-hybridized carbons (Fsp3) is 0.364. The maximum atomic E-state index is 11.9. The third kappa shape index (κ3) is 2.72. The van der Waals surface area contributed by atoms with Gasteiger partial charge in [0.2, 0.25) is 5.91 Å². The number of para-hydroxylation sites is 1. The normalized spacial score (nSPS) is 23.7. The Morgan fingerprint density at radius 2 is 2.00 bits per heavy atom. The van der Waals surface area contributed by atoms with Gasteiger partial charge in [-0.15, -0.1) is 0 Å². The molecule has 1 fully saturated rings. The van der Waals surface area contributed by atoms with Crippen molar-refractivity contribution in [3.8, 4) is 0 Å². The van der Waals surface area contributed by atoms with Gasteiger partial charge in [0.25, 0.3) is 0 Å². The van der Waals surface area contributed by atoms with Gasteiger partial charge in [-0.25, -0.2) is 0 Å². The average Bonchev–Trinajstić information content (AvgIpc) is 2.70. The van der Waals surface area contributed by atoms with E-state index in [2.05, 4.69) is 5.32 Å². The molecule has 1 aromatic rings. The number of ether oxygens (including phenoxy) is 1. The van der Waals surface area contributed by atoms with Crippen molar-refractivity contribution in [2.24, 2.45) is 11.7 Å². The van der Waals surface area contributed by atoms with Crippen LogP contribution in [0.2, 0.25) is 10.0 Å². The predicted octanol–water partition coefficient (Wildman–Crippen LogP) is 1.91. The summed E-state index contributed by atoms with van der Waals surface area (Å²) < 4.78 is 5.14. The molecule has 2 rings (SSSR count). The highest BCUT2D eigenvalue weighted by Crippen LogP contribution is 2.30. The fourth-order valence-electron chi connectivity index (χ4n) is 1.67. The van der Waals surface area contributed by atoms with E-state index in [1.54, 1.807) is 18.2 Å². The lowest BCUT2D eigenvalue weighted by Crippen LogP contribution is -2.37. The fourth-order valence-corrected chi connectivity index (χ4v) is 2.17. The first-order valence-electron chi connectivity index (χ1n) is 5.18. The summed E-state index contributed by atoms with van der Waals surface area (Å²) in [6.45, 7) is 0.726. The van der Waals surface area contributed by atoms with Gasteiger partial charge in [-0.05, 0) is 12.1 Å². The van der Waals surface area contributed by atoms with Crippen LogP contribution in [0, 0.1) is 5.92 Å². The Balaban J connectivity index is 2.13. The van der Waals surface area contributed by atoms with Gasteiger partial charge in [0.1, 0.15) is 0 Å². The number of anilines is 1. The zero-order valence-corrected chi connectivity index (χ0v) is 10.5. The van der Waals surface area contributed by atoms with Crippen molar-refractivity contribution in [1.29, 1.82) is 0 Å². The van der Waals surface area contributed by atoms with E-state index >= 15 is 0 Å². The molecule has 0 aliphatic carbocycles. The third-order valence-corrected chi connectivity index (χ3v) is 3.30. The Bertz CT molecular complexity index is 419. The van der Waals surface area contributed by atoms with E-state index in [9.17, 15) is 4.79 Å². The molecule has 0 radical (unpaired) electrons. The SMILES string of the molecule is NC1COCC1C(=O)Nc1c(Cl)cccc1Cl. The molecular weight excluding hydrogens is 263 g/mol. The van der Waals surface area contributed by atoms with Crippen LogP contribution < -0.4 is 11.1 Å². The highest BCUT2D eigenvalue weighted by Gasteiger charge is 2.31. The van der Waals surface area contributed by atoms with Crippen LogP contribution in [-0.4, -0.2) is 25.2 Å². The van der Waals surface area contributed by atoms with E-state index in [1.807, 2.05) is 0 Å². The number of nitrogens with one attached hydrogen (secondary N) is 1. The summed E-state index contributed by atoms with van der Waals surface area (Å²) in [4.78, 5) is 11.9. The Hall–Kier alpha value is -0.810. The number of carbonyl (C=O) groups is 1. The molecule has 17 heavy (non-hydrogen) atoms. The molecule has 3 N–H and O–H groups in total. The van der Waals surface area contributed by atoms with Crippen molar-refractivity contribution in [1.82, 2.24) is 0 Å². The van der Waals surface area contributed by atoms with Gasteiger partial charge in [-0.1, -0.05) is 29.3 Å². The van der Waals surface area contributed by atoms with Crippen molar-refractivity contribution in [2.75, 3.05) is 18.5 Å². The van der Waals surface area contributed by atoms with Crippen LogP contribution in [0.4, 0.5) is 5.69 Å². The topological polar surface area (TPSA) is 64.3 Å². The van der Waals surface area contributed by atoms with Crippen LogP contribution in [0.25, 0.3) is 0 Å². The molecule has 0 spiro atoms. The zero-order chi connectivity index (χ0) is 12.4. The number of hydrogen-bond donors (Lipinski definition) is 2. The van der Waals surface area contributed by atoms with Crippen molar-refractivity contribution < 1.29 is 9.53 Å². The van der Waals surface area contributed by atoms with Gasteiger partial charge in [0.15, 0.2) is 0 Å². The summed E-state index contributed by atoms with van der Waals surface area (Å²) in [5, 5.41) is 3.49. The van der Waals surface area contributed by atoms with Gasteiger partial charge < -0.3 is 15.8 Å². The van der Waals surface area contributed by atoms with Gasteiger partial charge in [-0.3, -0.25) is 4.79 Å². The number of halogens is 2. The first kappa shape index (κ1) is 12.6. The number of nitrogens with two attached hydrogens (primary N) is 1. The minimum Gasteiger partial charge on any atom is -0.379 e. The van der Waals surface area contributed by atoms with Gasteiger partial charge in [-0.2, -0.15) is 0 Å². The molecule has 0 saturated carbocycles. The summed E-state index contributed by atoms with van der Waals surface area (Å²) in [6.07, 6.45) is 0. The molecule has 0 aromatic heterocycles. The highest BCUT2D eigenvalue weighted by atomic mass is 35.5. The molecule has 1 aliphatic heterocycles. The Kier molecular flexibility index (Phi) is 3.89. The number of rotatable bonds is 2. The van der Waals surface area contributed by atoms with Crippen LogP contribution in [0.5, 0.6) is 0 Å². The predicted molar refractivity (Wildman–Crippen MR) is 67.4 cm³/mol. The number of carbonyl (C=O) groups excluding carboxylic acids is 1. The minimum absolute atomic E-state index is 0.218. The van der Waals surface area contributed by atoms with E-state index in [0.29, 0.717) is 28.9 Å². The zero-order valence-electron chi connectivity index (χ0n) is 8.95. The first-order chi connectivity index (χ1) is 8.09. The monoisotopic (exact) mass is 274 g/mol. The van der Waals surface area contributed by atoms with Crippen LogP contribution in [0.1, 0.15) is 0 Å². The summed E-state index contributed by atoms with van der Waals surface area (Å²) in [6, 6.07) is 4.75. The molecule has 1 saturated heterocycles. The van der Waals surface area contributed by atoms with Crippen molar-refractivity contribution in [2.45, 2.75) is 6.04 Å². The summed E-state index contributed by atoms with van der Waals surface area (Å²) >= 11 is 11.9. The molecular formula is C11H12Cl2N2O2. The van der Waals surface area contributed by atoms with Gasteiger partial charge in [0.05, 0.1) is 34.9 Å². The van der Waals surface area contributed by atoms with E-state index in [4.69, 9.17) is 33.7 Å². The second-order valence-electron chi connectivity index (χ2n) is 3.89. The van der Waals surface area contributed by atoms with E-state index in [1.165, 1.54) is 0 Å². The lowest BCUT2D eigenvalue weighted by Gasteiger charge is -2.15. The average molecular weight is 275 g/mol. The van der Waals surface area contributed by atoms with E-state index in [-0.39, 0.29) is 17.9 Å². The Morgan fingerprint density at radius 3 is 2.53 bits per heavy atom. The molecule has 6 heteroatoms. The van der Waals surface area contributed by atoms with Crippen molar-refractivity contribution in [3.63, 3.8) is 0 Å². The maximum absolute atomic E-state index is 11.9. The van der Waals surface area contributed by atoms with Crippen molar-refractivity contribution >= 4 is 34.8 Å². The largest absolute Gasteiger partial charge is 0.379 e. The molecule has 0 bridgehead atoms. The molecule has 4 nitrogen and oxygen atoms in total. The van der Waals surface area contributed by atoms with Gasteiger partial charge in [0, 0.05) is 6.04 Å². The second kappa shape index (κ2) is 5.23. The minimum atomic E-state index is -0.359. The maximum Gasteiger partial charge on any atom is 0.231 e. The van der Waals surface area contributed by atoms with Crippen LogP contribution in [0.15, 0.2) is 18.2 Å². The standard InChI is InChI=1S/C11H12Cl2N2O2/c12-7-2-1-3-8(13)10(7)15-11(16)6-4-17-5-9(6)14/h1-3,6,9H,4-5,14H2,(H,15,16). The number of benzene rings is 1. The molecule has 1 aromatic carbocycles. The smallest absolute Gasteiger partial charge is 0.231 e. The van der Waals surface area contributed by atoms with Crippen LogP contribution >= 0.6 is 23.2 Å². The molecule has 92 valence electrons. The van der Waals surface area contributed by atoms with E-state index in [0.717, 1.165) is 0 Å². The lowest BCUT2D eigenvalue weighted by atomic mass is 10.0. The molecule has 1 aliphatic rings. The van der Waals surface area contributed by atoms with Crippen molar-refractivity contribution in [3.05, 3.63) is 28.2 Å². The summed E-state index contributed by atoms with van der Waals surface area (Å²) in [5.41, 5.74) is 6.17. The molecule has 1 amide bonds. The second-order valence-corrected chi connectivity index (χ2v) is 4.71. The Labute approximate surface area is 109 Å². The Morgan fingerprint density at radius 1 is 1.35 bits per heavy atom. The van der Waals surface area contributed by atoms with Gasteiger partial charge >= 0.3 is 0 Å². The number of hydrogen-bond acceptors (Lipinski definition) is 3. The molecule has 2 unspecified atom stereocenters. The highest BCUT2D eigenvalue weighted by molar-refractivity contribution is 6.39. The summed E-state index contributed by atoms with van der Waals surface area (Å²) in [5.74, 6) is -0.577. The number of amides is 1. The summed E-state index contributed by atoms with van der Waals surface area (Å²) in [7, 11) is 0. The quantitative estimate of drug-likeness (QED) is 0.866. The third-order valence-electron chi connectivity index (χ3n) is 2.67. The lowest BCUT2D eigenvalue weighted by molar-refractivity contribution is -0.120. The molecule has 2 atom stereocenters.